The van der Waals surface area contributed by atoms with Crippen molar-refractivity contribution in [2.45, 2.75) is 26.2 Å². The fraction of sp³-hybridized carbons (Fsp3) is 0.263. The minimum absolute atomic E-state index is 0.00626. The Morgan fingerprint density at radius 2 is 2.12 bits per heavy atom. The summed E-state index contributed by atoms with van der Waals surface area (Å²) in [5.41, 5.74) is 4.79. The van der Waals surface area contributed by atoms with Gasteiger partial charge in [-0.25, -0.2) is 4.98 Å². The highest BCUT2D eigenvalue weighted by atomic mass is 32.1. The summed E-state index contributed by atoms with van der Waals surface area (Å²) in [6.45, 7) is 2.01. The fourth-order valence-electron chi connectivity index (χ4n) is 3.08. The number of para-hydroxylation sites is 1. The van der Waals surface area contributed by atoms with E-state index in [1.54, 1.807) is 0 Å². The molecule has 5 heteroatoms. The third kappa shape index (κ3) is 2.99. The van der Waals surface area contributed by atoms with Gasteiger partial charge in [0.1, 0.15) is 5.75 Å². The molecule has 3 aromatic rings. The van der Waals surface area contributed by atoms with Crippen LogP contribution in [0.1, 0.15) is 23.1 Å². The molecule has 2 aromatic carbocycles. The zero-order chi connectivity index (χ0) is 16.5. The van der Waals surface area contributed by atoms with Crippen molar-refractivity contribution in [3.63, 3.8) is 0 Å². The van der Waals surface area contributed by atoms with E-state index >= 15 is 0 Å². The molecule has 1 heterocycles. The highest BCUT2D eigenvalue weighted by Crippen LogP contribution is 2.28. The number of ether oxygens (including phenoxy) is 1. The molecule has 1 aromatic heterocycles. The second kappa shape index (κ2) is 6.24. The predicted octanol–water partition coefficient (Wildman–Crippen LogP) is 4.11. The molecular weight excluding hydrogens is 320 g/mol. The molecule has 0 saturated carbocycles. The Hall–Kier alpha value is -2.40. The Bertz CT molecular complexity index is 917. The van der Waals surface area contributed by atoms with Gasteiger partial charge in [-0.2, -0.15) is 0 Å². The summed E-state index contributed by atoms with van der Waals surface area (Å²) in [5.74, 6) is 0.568. The maximum Gasteiger partial charge on any atom is 0.264 e. The Labute approximate surface area is 144 Å². The molecule has 0 fully saturated rings. The van der Waals surface area contributed by atoms with Gasteiger partial charge in [0.25, 0.3) is 5.91 Å². The minimum atomic E-state index is -0.188. The Morgan fingerprint density at radius 3 is 3.00 bits per heavy atom. The lowest BCUT2D eigenvalue weighted by Crippen LogP contribution is -2.20. The van der Waals surface area contributed by atoms with Gasteiger partial charge in [-0.05, 0) is 61.1 Å². The Kier molecular flexibility index (Phi) is 3.94. The summed E-state index contributed by atoms with van der Waals surface area (Å²) < 4.78 is 6.70. The maximum atomic E-state index is 12.1. The third-order valence-corrected chi connectivity index (χ3v) is 5.24. The first-order valence-corrected chi connectivity index (χ1v) is 8.91. The van der Waals surface area contributed by atoms with Gasteiger partial charge in [0, 0.05) is 0 Å². The number of hydrogen-bond acceptors (Lipinski definition) is 4. The van der Waals surface area contributed by atoms with Crippen LogP contribution >= 0.6 is 11.3 Å². The number of aromatic nitrogens is 1. The van der Waals surface area contributed by atoms with E-state index in [2.05, 4.69) is 22.4 Å². The number of nitrogens with one attached hydrogen (secondary N) is 1. The Balaban J connectivity index is 1.40. The van der Waals surface area contributed by atoms with Crippen molar-refractivity contribution in [3.05, 3.63) is 53.1 Å². The minimum Gasteiger partial charge on any atom is -0.484 e. The Morgan fingerprint density at radius 1 is 1.25 bits per heavy atom. The van der Waals surface area contributed by atoms with Crippen LogP contribution in [0.3, 0.4) is 0 Å². The lowest BCUT2D eigenvalue weighted by molar-refractivity contribution is -0.118. The normalized spacial score (nSPS) is 13.0. The molecule has 1 amide bonds. The number of carbonyl (C=O) groups is 1. The van der Waals surface area contributed by atoms with Crippen molar-refractivity contribution in [1.82, 2.24) is 4.98 Å². The van der Waals surface area contributed by atoms with Crippen LogP contribution in [0.4, 0.5) is 5.13 Å². The highest BCUT2D eigenvalue weighted by Gasteiger charge is 2.13. The topological polar surface area (TPSA) is 51.2 Å². The van der Waals surface area contributed by atoms with Gasteiger partial charge in [0.05, 0.1) is 10.2 Å². The average molecular weight is 338 g/mol. The van der Waals surface area contributed by atoms with Crippen LogP contribution in [0.2, 0.25) is 0 Å². The molecule has 0 aliphatic heterocycles. The molecule has 24 heavy (non-hydrogen) atoms. The van der Waals surface area contributed by atoms with Crippen LogP contribution in [0.25, 0.3) is 10.2 Å². The first kappa shape index (κ1) is 15.1. The second-order valence-corrected chi connectivity index (χ2v) is 7.09. The number of nitrogens with zero attached hydrogens (tertiary/aromatic N) is 1. The van der Waals surface area contributed by atoms with E-state index in [0.717, 1.165) is 34.4 Å². The number of aryl methyl sites for hydroxylation is 3. The van der Waals surface area contributed by atoms with E-state index in [4.69, 9.17) is 4.74 Å². The van der Waals surface area contributed by atoms with Crippen LogP contribution in [-0.4, -0.2) is 17.5 Å². The van der Waals surface area contributed by atoms with Gasteiger partial charge >= 0.3 is 0 Å². The van der Waals surface area contributed by atoms with Crippen molar-refractivity contribution in [3.8, 4) is 5.75 Å². The smallest absolute Gasteiger partial charge is 0.264 e. The van der Waals surface area contributed by atoms with Crippen LogP contribution in [-0.2, 0) is 17.6 Å². The van der Waals surface area contributed by atoms with Crippen LogP contribution in [0.15, 0.2) is 36.4 Å². The molecule has 1 N–H and O–H groups in total. The van der Waals surface area contributed by atoms with E-state index in [-0.39, 0.29) is 12.5 Å². The first-order valence-electron chi connectivity index (χ1n) is 8.10. The van der Waals surface area contributed by atoms with Crippen molar-refractivity contribution in [2.24, 2.45) is 0 Å². The number of rotatable bonds is 4. The highest BCUT2D eigenvalue weighted by molar-refractivity contribution is 7.22. The molecule has 0 saturated heterocycles. The molecule has 0 radical (unpaired) electrons. The van der Waals surface area contributed by atoms with Gasteiger partial charge in [0.15, 0.2) is 11.7 Å². The first-order chi connectivity index (χ1) is 11.7. The van der Waals surface area contributed by atoms with Gasteiger partial charge in [-0.3, -0.25) is 10.1 Å². The number of benzene rings is 2. The molecule has 1 aliphatic rings. The zero-order valence-corrected chi connectivity index (χ0v) is 14.3. The van der Waals surface area contributed by atoms with Crippen LogP contribution in [0.5, 0.6) is 5.75 Å². The number of carbonyl (C=O) groups excluding carboxylic acids is 1. The largest absolute Gasteiger partial charge is 0.484 e. The van der Waals surface area contributed by atoms with Crippen molar-refractivity contribution >= 4 is 32.6 Å². The quantitative estimate of drug-likeness (QED) is 0.779. The van der Waals surface area contributed by atoms with E-state index in [1.165, 1.54) is 28.9 Å². The summed E-state index contributed by atoms with van der Waals surface area (Å²) in [5, 5.41) is 3.44. The molecule has 0 atom stereocenters. The van der Waals surface area contributed by atoms with Crippen LogP contribution < -0.4 is 10.1 Å². The van der Waals surface area contributed by atoms with Gasteiger partial charge < -0.3 is 4.74 Å². The molecular formula is C19H18N2O2S. The number of amides is 1. The van der Waals surface area contributed by atoms with Crippen molar-refractivity contribution in [2.75, 3.05) is 11.9 Å². The predicted molar refractivity (Wildman–Crippen MR) is 96.9 cm³/mol. The van der Waals surface area contributed by atoms with Crippen molar-refractivity contribution < 1.29 is 9.53 Å². The fourth-order valence-corrected chi connectivity index (χ4v) is 4.04. The number of hydrogen-bond donors (Lipinski definition) is 1. The van der Waals surface area contributed by atoms with Gasteiger partial charge in [-0.15, -0.1) is 0 Å². The van der Waals surface area contributed by atoms with Crippen LogP contribution in [0, 0.1) is 6.92 Å². The standard InChI is InChI=1S/C19H18N2O2S/c1-12-4-2-7-16-18(12)21-19(24-16)20-17(22)11-23-15-9-8-13-5-3-6-14(13)10-15/h2,4,7-10H,3,5-6,11H2,1H3,(H,20,21,22). The van der Waals surface area contributed by atoms with E-state index in [0.29, 0.717) is 5.13 Å². The zero-order valence-electron chi connectivity index (χ0n) is 13.5. The maximum absolute atomic E-state index is 12.1. The number of fused-ring (bicyclic) bond motifs is 2. The van der Waals surface area contributed by atoms with Gasteiger partial charge in [-0.1, -0.05) is 29.5 Å². The summed E-state index contributed by atoms with van der Waals surface area (Å²) in [4.78, 5) is 16.6. The van der Waals surface area contributed by atoms with E-state index < -0.39 is 0 Å². The average Bonchev–Trinajstić information content (AvgIpc) is 3.19. The SMILES string of the molecule is Cc1cccc2sc(NC(=O)COc3ccc4c(c3)CCC4)nc12. The summed E-state index contributed by atoms with van der Waals surface area (Å²) in [6, 6.07) is 12.1. The summed E-state index contributed by atoms with van der Waals surface area (Å²) in [7, 11) is 0. The summed E-state index contributed by atoms with van der Waals surface area (Å²) >= 11 is 1.48. The lowest BCUT2D eigenvalue weighted by atomic mass is 10.1. The third-order valence-electron chi connectivity index (χ3n) is 4.31. The molecule has 122 valence electrons. The molecule has 4 rings (SSSR count). The lowest BCUT2D eigenvalue weighted by Gasteiger charge is -2.07. The molecule has 0 unspecified atom stereocenters. The van der Waals surface area contributed by atoms with Crippen molar-refractivity contribution in [1.29, 1.82) is 0 Å². The monoisotopic (exact) mass is 338 g/mol. The second-order valence-electron chi connectivity index (χ2n) is 6.06. The van der Waals surface area contributed by atoms with Gasteiger partial charge in [0.2, 0.25) is 0 Å². The van der Waals surface area contributed by atoms with E-state index in [9.17, 15) is 4.79 Å². The molecule has 0 bridgehead atoms. The molecule has 1 aliphatic carbocycles. The molecule has 0 spiro atoms. The van der Waals surface area contributed by atoms with E-state index in [1.807, 2.05) is 31.2 Å². The number of thiazole rings is 1. The number of anilines is 1. The summed E-state index contributed by atoms with van der Waals surface area (Å²) in [6.07, 6.45) is 3.45. The molecule has 4 nitrogen and oxygen atoms in total.